The molecule has 0 radical (unpaired) electrons. The highest BCUT2D eigenvalue weighted by Crippen LogP contribution is 2.27. The minimum Gasteiger partial charge on any atom is -0.444 e. The molecule has 0 aromatic rings. The van der Waals surface area contributed by atoms with E-state index in [0.717, 1.165) is 13.1 Å². The number of likely N-dealkylation sites (tertiary alicyclic amines) is 2. The smallest absolute Gasteiger partial charge is 0.410 e. The maximum Gasteiger partial charge on any atom is 0.410 e. The molecule has 0 saturated carbocycles. The van der Waals surface area contributed by atoms with E-state index >= 15 is 0 Å². The molecule has 2 bridgehead atoms. The topological polar surface area (TPSA) is 49.9 Å². The zero-order valence-corrected chi connectivity index (χ0v) is 13.2. The highest BCUT2D eigenvalue weighted by Gasteiger charge is 2.43. The first kappa shape index (κ1) is 15.3. The first-order valence-electron chi connectivity index (χ1n) is 7.43. The molecule has 2 heterocycles. The second-order valence-electron chi connectivity index (χ2n) is 7.23. The molecule has 0 spiro atoms. The number of carbonyl (C=O) groups excluding carboxylic acids is 2. The molecular weight excluding hydrogens is 256 g/mol. The van der Waals surface area contributed by atoms with Crippen molar-refractivity contribution in [1.82, 2.24) is 9.80 Å². The molecule has 2 fully saturated rings. The fourth-order valence-electron chi connectivity index (χ4n) is 2.95. The van der Waals surface area contributed by atoms with Crippen LogP contribution in [0.3, 0.4) is 0 Å². The number of Topliss-reactive ketones (excluding diaryl/α,β-unsaturated/α-hetero) is 1. The zero-order chi connectivity index (χ0) is 15.1. The number of fused-ring (bicyclic) bond motifs is 2. The molecule has 20 heavy (non-hydrogen) atoms. The fraction of sp³-hybridized carbons (Fsp3) is 0.867. The summed E-state index contributed by atoms with van der Waals surface area (Å²) in [7, 11) is 0. The van der Waals surface area contributed by atoms with E-state index in [9.17, 15) is 9.59 Å². The van der Waals surface area contributed by atoms with Crippen molar-refractivity contribution in [2.45, 2.75) is 46.3 Å². The maximum atomic E-state index is 12.2. The number of hydrogen-bond donors (Lipinski definition) is 0. The number of rotatable bonds is 1. The maximum absolute atomic E-state index is 12.2. The summed E-state index contributed by atoms with van der Waals surface area (Å²) in [5.41, 5.74) is -0.488. The summed E-state index contributed by atoms with van der Waals surface area (Å²) in [6.45, 7) is 12.4. The Kier molecular flexibility index (Phi) is 4.09. The molecule has 2 saturated heterocycles. The summed E-state index contributed by atoms with van der Waals surface area (Å²) in [6, 6.07) is 0.446. The molecule has 0 unspecified atom stereocenters. The van der Waals surface area contributed by atoms with Gasteiger partial charge in [0.1, 0.15) is 11.4 Å². The van der Waals surface area contributed by atoms with Crippen LogP contribution >= 0.6 is 0 Å². The van der Waals surface area contributed by atoms with Crippen LogP contribution in [0.5, 0.6) is 0 Å². The van der Waals surface area contributed by atoms with Crippen LogP contribution in [0.15, 0.2) is 0 Å². The van der Waals surface area contributed by atoms with Crippen LogP contribution in [0.25, 0.3) is 0 Å². The van der Waals surface area contributed by atoms with Gasteiger partial charge in [0.25, 0.3) is 0 Å². The highest BCUT2D eigenvalue weighted by atomic mass is 16.6. The van der Waals surface area contributed by atoms with Crippen molar-refractivity contribution in [3.8, 4) is 0 Å². The van der Waals surface area contributed by atoms with E-state index in [1.165, 1.54) is 0 Å². The van der Waals surface area contributed by atoms with Crippen molar-refractivity contribution in [2.24, 2.45) is 11.8 Å². The molecular formula is C15H26N2O3. The molecule has 0 aromatic carbocycles. The van der Waals surface area contributed by atoms with Gasteiger partial charge in [-0.2, -0.15) is 0 Å². The van der Waals surface area contributed by atoms with Gasteiger partial charge in [0, 0.05) is 44.1 Å². The van der Waals surface area contributed by atoms with Crippen molar-refractivity contribution in [2.75, 3.05) is 26.2 Å². The van der Waals surface area contributed by atoms with Gasteiger partial charge in [-0.25, -0.2) is 4.79 Å². The number of ether oxygens (including phenoxy) is 1. The van der Waals surface area contributed by atoms with E-state index in [2.05, 4.69) is 18.7 Å². The van der Waals surface area contributed by atoms with Gasteiger partial charge in [0.05, 0.1) is 0 Å². The van der Waals surface area contributed by atoms with Crippen LogP contribution in [0, 0.1) is 11.8 Å². The molecule has 5 nitrogen and oxygen atoms in total. The van der Waals surface area contributed by atoms with Crippen molar-refractivity contribution in [3.05, 3.63) is 0 Å². The molecule has 2 aliphatic heterocycles. The second kappa shape index (κ2) is 5.35. The highest BCUT2D eigenvalue weighted by molar-refractivity contribution is 5.87. The molecule has 114 valence electrons. The number of carbonyl (C=O) groups is 2. The lowest BCUT2D eigenvalue weighted by atomic mass is 9.83. The van der Waals surface area contributed by atoms with E-state index in [-0.39, 0.29) is 17.9 Å². The predicted octanol–water partition coefficient (Wildman–Crippen LogP) is 1.76. The number of hydrogen-bond acceptors (Lipinski definition) is 4. The van der Waals surface area contributed by atoms with Gasteiger partial charge in [-0.15, -0.1) is 0 Å². The van der Waals surface area contributed by atoms with Gasteiger partial charge in [-0.1, -0.05) is 0 Å². The van der Waals surface area contributed by atoms with Gasteiger partial charge in [-0.3, -0.25) is 9.69 Å². The third kappa shape index (κ3) is 3.32. The van der Waals surface area contributed by atoms with Crippen LogP contribution < -0.4 is 0 Å². The Bertz CT molecular complexity index is 382. The van der Waals surface area contributed by atoms with E-state index < -0.39 is 5.60 Å². The van der Waals surface area contributed by atoms with E-state index in [1.807, 2.05) is 20.8 Å². The molecule has 0 N–H and O–H groups in total. The Morgan fingerprint density at radius 3 is 2.05 bits per heavy atom. The summed E-state index contributed by atoms with van der Waals surface area (Å²) in [5.74, 6) is 0.205. The van der Waals surface area contributed by atoms with Crippen molar-refractivity contribution in [3.63, 3.8) is 0 Å². The molecule has 2 aliphatic rings. The molecule has 0 aliphatic carbocycles. The largest absolute Gasteiger partial charge is 0.444 e. The summed E-state index contributed by atoms with van der Waals surface area (Å²) in [4.78, 5) is 28.4. The Balaban J connectivity index is 2.03. The molecule has 1 amide bonds. The zero-order valence-electron chi connectivity index (χ0n) is 13.2. The summed E-state index contributed by atoms with van der Waals surface area (Å²) in [6.07, 6.45) is -0.294. The lowest BCUT2D eigenvalue weighted by Crippen LogP contribution is -2.60. The Labute approximate surface area is 121 Å². The lowest BCUT2D eigenvalue weighted by molar-refractivity contribution is -0.137. The first-order chi connectivity index (χ1) is 9.17. The van der Waals surface area contributed by atoms with Gasteiger partial charge < -0.3 is 9.64 Å². The molecule has 2 rings (SSSR count). The number of piperidine rings is 2. The van der Waals surface area contributed by atoms with Crippen LogP contribution in [0.4, 0.5) is 4.79 Å². The second-order valence-corrected chi connectivity index (χ2v) is 7.23. The van der Waals surface area contributed by atoms with E-state index in [1.54, 1.807) is 4.90 Å². The summed E-state index contributed by atoms with van der Waals surface area (Å²) < 4.78 is 5.41. The number of nitrogens with zero attached hydrogens (tertiary/aromatic N) is 2. The number of ketones is 1. The van der Waals surface area contributed by atoms with Gasteiger partial charge in [0.2, 0.25) is 0 Å². The number of amides is 1. The van der Waals surface area contributed by atoms with Gasteiger partial charge in [0.15, 0.2) is 0 Å². The van der Waals surface area contributed by atoms with Crippen LogP contribution in [0.2, 0.25) is 0 Å². The quantitative estimate of drug-likeness (QED) is 0.735. The summed E-state index contributed by atoms with van der Waals surface area (Å²) in [5, 5.41) is 0. The molecule has 2 atom stereocenters. The predicted molar refractivity (Wildman–Crippen MR) is 76.5 cm³/mol. The van der Waals surface area contributed by atoms with Crippen molar-refractivity contribution in [1.29, 1.82) is 0 Å². The minimum atomic E-state index is -0.488. The monoisotopic (exact) mass is 282 g/mol. The van der Waals surface area contributed by atoms with Crippen LogP contribution in [-0.4, -0.2) is 59.5 Å². The van der Waals surface area contributed by atoms with Crippen molar-refractivity contribution < 1.29 is 14.3 Å². The van der Waals surface area contributed by atoms with Crippen molar-refractivity contribution >= 4 is 11.9 Å². The fourth-order valence-corrected chi connectivity index (χ4v) is 2.95. The molecule has 0 aromatic heterocycles. The Morgan fingerprint density at radius 2 is 1.65 bits per heavy atom. The lowest BCUT2D eigenvalue weighted by Gasteiger charge is -2.45. The standard InChI is InChI=1S/C15H26N2O3/c1-10(2)16-6-11-8-17(9-12(7-16)13(11)18)14(19)20-15(3,4)5/h10-12H,6-9H2,1-5H3/t11-,12+. The third-order valence-corrected chi connectivity index (χ3v) is 3.98. The van der Waals surface area contributed by atoms with Crippen LogP contribution in [-0.2, 0) is 9.53 Å². The summed E-state index contributed by atoms with van der Waals surface area (Å²) >= 11 is 0. The average molecular weight is 282 g/mol. The average Bonchev–Trinajstić information content (AvgIpc) is 2.25. The molecule has 5 heteroatoms. The van der Waals surface area contributed by atoms with Gasteiger partial charge >= 0.3 is 6.09 Å². The SMILES string of the molecule is CC(C)N1C[C@H]2CN(C(=O)OC(C)(C)C)C[C@@H](C1)C2=O. The van der Waals surface area contributed by atoms with Gasteiger partial charge in [-0.05, 0) is 34.6 Å². The minimum absolute atomic E-state index is 0.0579. The normalized spacial score (nSPS) is 27.9. The Morgan fingerprint density at radius 1 is 1.15 bits per heavy atom. The Hall–Kier alpha value is -1.10. The van der Waals surface area contributed by atoms with Crippen LogP contribution in [0.1, 0.15) is 34.6 Å². The third-order valence-electron chi connectivity index (χ3n) is 3.98. The first-order valence-corrected chi connectivity index (χ1v) is 7.43. The van der Waals surface area contributed by atoms with E-state index in [4.69, 9.17) is 4.74 Å². The van der Waals surface area contributed by atoms with E-state index in [0.29, 0.717) is 24.9 Å².